The van der Waals surface area contributed by atoms with Crippen LogP contribution in [-0.4, -0.2) is 63.8 Å². The van der Waals surface area contributed by atoms with Crippen LogP contribution in [0.3, 0.4) is 0 Å². The minimum absolute atomic E-state index is 0.0549. The summed E-state index contributed by atoms with van der Waals surface area (Å²) in [6, 6.07) is -0.597. The van der Waals surface area contributed by atoms with Crippen molar-refractivity contribution in [2.45, 2.75) is 52.7 Å². The number of rotatable bonds is 5. The van der Waals surface area contributed by atoms with Crippen molar-refractivity contribution >= 4 is 35.6 Å². The first-order valence-corrected chi connectivity index (χ1v) is 9.27. The van der Waals surface area contributed by atoms with Gasteiger partial charge in [-0.1, -0.05) is 6.92 Å². The molecule has 0 radical (unpaired) electrons. The van der Waals surface area contributed by atoms with Crippen molar-refractivity contribution in [2.75, 3.05) is 18.5 Å². The monoisotopic (exact) mass is 405 g/mol. The molecule has 0 saturated carbocycles. The van der Waals surface area contributed by atoms with Gasteiger partial charge >= 0.3 is 5.97 Å². The third-order valence-corrected chi connectivity index (χ3v) is 4.24. The summed E-state index contributed by atoms with van der Waals surface area (Å²) in [5.41, 5.74) is -0.277. The van der Waals surface area contributed by atoms with Gasteiger partial charge in [-0.3, -0.25) is 19.3 Å². The second kappa shape index (κ2) is 8.46. The molecule has 29 heavy (non-hydrogen) atoms. The van der Waals surface area contributed by atoms with Crippen LogP contribution in [0.4, 0.5) is 5.82 Å². The fraction of sp³-hybridized carbons (Fsp3) is 0.526. The lowest BCUT2D eigenvalue weighted by atomic mass is 10.1. The third-order valence-electron chi connectivity index (χ3n) is 4.24. The first kappa shape index (κ1) is 22.1. The highest BCUT2D eigenvalue weighted by molar-refractivity contribution is 6.12. The van der Waals surface area contributed by atoms with Crippen LogP contribution < -0.4 is 10.2 Å². The topological polar surface area (TPSA) is 125 Å². The first-order valence-electron chi connectivity index (χ1n) is 9.27. The maximum Gasteiger partial charge on any atom is 0.329 e. The number of carbonyl (C=O) groups is 4. The Morgan fingerprint density at radius 1 is 1.38 bits per heavy atom. The van der Waals surface area contributed by atoms with Crippen molar-refractivity contribution in [1.29, 1.82) is 0 Å². The molecule has 1 aromatic rings. The molecule has 10 nitrogen and oxygen atoms in total. The van der Waals surface area contributed by atoms with Gasteiger partial charge in [0.05, 0.1) is 12.0 Å². The first-order chi connectivity index (χ1) is 13.4. The normalized spacial score (nSPS) is 17.2. The van der Waals surface area contributed by atoms with Crippen molar-refractivity contribution in [3.05, 3.63) is 17.7 Å². The van der Waals surface area contributed by atoms with Gasteiger partial charge in [0.2, 0.25) is 11.8 Å². The van der Waals surface area contributed by atoms with E-state index in [4.69, 9.17) is 4.74 Å². The van der Waals surface area contributed by atoms with Gasteiger partial charge in [-0.2, -0.15) is 0 Å². The number of hydrogen-bond donors (Lipinski definition) is 2. The number of piperazine rings is 1. The molecular weight excluding hydrogens is 378 g/mol. The molecule has 1 atom stereocenters. The minimum atomic E-state index is -0.628. The number of aromatic amines is 1. The van der Waals surface area contributed by atoms with E-state index >= 15 is 0 Å². The van der Waals surface area contributed by atoms with Crippen molar-refractivity contribution in [3.63, 3.8) is 0 Å². The lowest BCUT2D eigenvalue weighted by Crippen LogP contribution is -2.51. The number of imidazole rings is 1. The van der Waals surface area contributed by atoms with E-state index in [1.807, 2.05) is 6.92 Å². The number of H-pyrrole nitrogens is 1. The summed E-state index contributed by atoms with van der Waals surface area (Å²) in [7, 11) is 1.69. The Morgan fingerprint density at radius 3 is 2.59 bits per heavy atom. The van der Waals surface area contributed by atoms with E-state index in [1.165, 1.54) is 19.3 Å². The van der Waals surface area contributed by atoms with Crippen molar-refractivity contribution in [3.8, 4) is 0 Å². The summed E-state index contributed by atoms with van der Waals surface area (Å²) in [6.45, 7) is 8.12. The predicted molar refractivity (Wildman–Crippen MR) is 105 cm³/mol. The lowest BCUT2D eigenvalue weighted by Gasteiger charge is -2.30. The van der Waals surface area contributed by atoms with Crippen LogP contribution in [0.15, 0.2) is 12.0 Å². The molecule has 3 amide bonds. The van der Waals surface area contributed by atoms with Gasteiger partial charge in [0.25, 0.3) is 5.91 Å². The molecule has 0 bridgehead atoms. The second-order valence-electron chi connectivity index (χ2n) is 7.72. The van der Waals surface area contributed by atoms with E-state index in [9.17, 15) is 19.2 Å². The number of imide groups is 1. The Hall–Kier alpha value is -3.17. The number of aromatic nitrogens is 2. The van der Waals surface area contributed by atoms with Gasteiger partial charge in [0.1, 0.15) is 23.9 Å². The van der Waals surface area contributed by atoms with Gasteiger partial charge in [0.15, 0.2) is 5.82 Å². The maximum absolute atomic E-state index is 12.6. The molecule has 0 aromatic carbocycles. The highest BCUT2D eigenvalue weighted by atomic mass is 16.6. The number of nitrogens with one attached hydrogen (secondary N) is 2. The van der Waals surface area contributed by atoms with Gasteiger partial charge in [-0.15, -0.1) is 0 Å². The number of ether oxygens (including phenoxy) is 1. The number of carbonyl (C=O) groups excluding carboxylic acids is 4. The largest absolute Gasteiger partial charge is 0.458 e. The summed E-state index contributed by atoms with van der Waals surface area (Å²) in [6.07, 6.45) is 3.29. The summed E-state index contributed by atoms with van der Waals surface area (Å²) >= 11 is 0. The second-order valence-corrected chi connectivity index (χ2v) is 7.72. The molecule has 1 saturated heterocycles. The molecule has 158 valence electrons. The van der Waals surface area contributed by atoms with Gasteiger partial charge in [-0.05, 0) is 33.3 Å². The Bertz CT molecular complexity index is 851. The lowest BCUT2D eigenvalue weighted by molar-refractivity contribution is -0.156. The highest BCUT2D eigenvalue weighted by Crippen LogP contribution is 2.23. The summed E-state index contributed by atoms with van der Waals surface area (Å²) in [4.78, 5) is 58.2. The Kier molecular flexibility index (Phi) is 6.45. The van der Waals surface area contributed by atoms with E-state index in [-0.39, 0.29) is 12.2 Å². The summed E-state index contributed by atoms with van der Waals surface area (Å²) < 4.78 is 5.48. The van der Waals surface area contributed by atoms with Crippen LogP contribution in [-0.2, 0) is 23.9 Å². The molecule has 1 aliphatic heterocycles. The summed E-state index contributed by atoms with van der Waals surface area (Å²) in [5.74, 6) is -1.60. The van der Waals surface area contributed by atoms with E-state index < -0.39 is 35.3 Å². The molecular formula is C19H27N5O5. The van der Waals surface area contributed by atoms with Crippen LogP contribution in [0.5, 0.6) is 0 Å². The quantitative estimate of drug-likeness (QED) is 0.549. The van der Waals surface area contributed by atoms with Crippen LogP contribution >= 0.6 is 0 Å². The number of nitrogens with zero attached hydrogens (tertiary/aromatic N) is 3. The molecule has 1 aromatic heterocycles. The number of hydrogen-bond acceptors (Lipinski definition) is 7. The van der Waals surface area contributed by atoms with E-state index in [0.29, 0.717) is 17.9 Å². The Labute approximate surface area is 169 Å². The van der Waals surface area contributed by atoms with Crippen molar-refractivity contribution in [1.82, 2.24) is 20.2 Å². The average molecular weight is 405 g/mol. The molecule has 1 fully saturated rings. The van der Waals surface area contributed by atoms with Crippen LogP contribution in [0.1, 0.15) is 46.7 Å². The van der Waals surface area contributed by atoms with E-state index in [1.54, 1.807) is 32.7 Å². The SMILES string of the molecule is CCC(C(=O)OC(C)(C)C)N(C)c1nc[nH]c1/C=C1\NC(=O)CN(C(C)=O)C1=O. The third kappa shape index (κ3) is 5.21. The van der Waals surface area contributed by atoms with E-state index in [2.05, 4.69) is 15.3 Å². The van der Waals surface area contributed by atoms with E-state index in [0.717, 1.165) is 4.90 Å². The minimum Gasteiger partial charge on any atom is -0.458 e. The average Bonchev–Trinajstić information content (AvgIpc) is 3.04. The Morgan fingerprint density at radius 2 is 2.03 bits per heavy atom. The predicted octanol–water partition coefficient (Wildman–Crippen LogP) is 0.812. The van der Waals surface area contributed by atoms with Gasteiger partial charge in [-0.25, -0.2) is 9.78 Å². The number of likely N-dealkylation sites (N-methyl/N-ethyl adjacent to an activating group) is 1. The number of esters is 1. The molecule has 10 heteroatoms. The zero-order valence-corrected chi connectivity index (χ0v) is 17.5. The molecule has 1 unspecified atom stereocenters. The molecule has 2 heterocycles. The fourth-order valence-electron chi connectivity index (χ4n) is 2.90. The zero-order valence-electron chi connectivity index (χ0n) is 17.5. The van der Waals surface area contributed by atoms with Crippen molar-refractivity contribution in [2.24, 2.45) is 0 Å². The molecule has 2 N–H and O–H groups in total. The smallest absolute Gasteiger partial charge is 0.329 e. The highest BCUT2D eigenvalue weighted by Gasteiger charge is 2.32. The fourth-order valence-corrected chi connectivity index (χ4v) is 2.90. The zero-order chi connectivity index (χ0) is 21.9. The molecule has 0 spiro atoms. The number of amides is 3. The number of anilines is 1. The van der Waals surface area contributed by atoms with Crippen LogP contribution in [0.2, 0.25) is 0 Å². The van der Waals surface area contributed by atoms with Gasteiger partial charge in [0, 0.05) is 14.0 Å². The summed E-state index contributed by atoms with van der Waals surface area (Å²) in [5, 5.41) is 2.47. The Balaban J connectivity index is 2.33. The molecule has 2 rings (SSSR count). The van der Waals surface area contributed by atoms with Crippen molar-refractivity contribution < 1.29 is 23.9 Å². The molecule has 0 aliphatic carbocycles. The van der Waals surface area contributed by atoms with Gasteiger partial charge < -0.3 is 19.9 Å². The maximum atomic E-state index is 12.6. The van der Waals surface area contributed by atoms with Crippen LogP contribution in [0.25, 0.3) is 6.08 Å². The molecule has 1 aliphatic rings. The standard InChI is InChI=1S/C19H27N5O5/c1-7-14(18(28)29-19(3,4)5)23(6)16-12(20-10-21-16)8-13-17(27)24(11(2)25)9-15(26)22-13/h8,10,14H,7,9H2,1-6H3,(H,20,21)(H,22,26)/b13-8-. The van der Waals surface area contributed by atoms with Crippen LogP contribution in [0, 0.1) is 0 Å².